The van der Waals surface area contributed by atoms with Gasteiger partial charge in [0.2, 0.25) is 11.8 Å². The van der Waals surface area contributed by atoms with E-state index in [1.54, 1.807) is 54.3 Å². The lowest BCUT2D eigenvalue weighted by Crippen LogP contribution is -2.54. The fraction of sp³-hybridized carbons (Fsp3) is 0.316. The molecule has 1 saturated carbocycles. The zero-order chi connectivity index (χ0) is 33.6. The van der Waals surface area contributed by atoms with Gasteiger partial charge in [-0.15, -0.1) is 0 Å². The summed E-state index contributed by atoms with van der Waals surface area (Å²) in [5, 5.41) is 3.56. The highest BCUT2D eigenvalue weighted by atomic mass is 35.5. The number of carbonyl (C=O) groups excluding carboxylic acids is 2. The molecule has 1 N–H and O–H groups in total. The van der Waals surface area contributed by atoms with E-state index in [-0.39, 0.29) is 29.8 Å². The van der Waals surface area contributed by atoms with E-state index in [4.69, 9.17) is 11.6 Å². The van der Waals surface area contributed by atoms with Crippen molar-refractivity contribution in [3.8, 4) is 0 Å². The van der Waals surface area contributed by atoms with E-state index in [1.807, 2.05) is 68.4 Å². The average molecular weight is 672 g/mol. The normalized spacial score (nSPS) is 14.0. The van der Waals surface area contributed by atoms with Crippen LogP contribution < -0.4 is 9.62 Å². The fourth-order valence-corrected chi connectivity index (χ4v) is 7.73. The Balaban J connectivity index is 1.60. The first-order valence-electron chi connectivity index (χ1n) is 16.1. The van der Waals surface area contributed by atoms with Crippen molar-refractivity contribution in [2.75, 3.05) is 10.8 Å². The molecule has 4 aromatic carbocycles. The minimum Gasteiger partial charge on any atom is -0.352 e. The number of halogens is 1. The maximum atomic E-state index is 14.8. The quantitative estimate of drug-likeness (QED) is 0.173. The van der Waals surface area contributed by atoms with E-state index >= 15 is 0 Å². The van der Waals surface area contributed by atoms with E-state index in [9.17, 15) is 18.0 Å². The summed E-state index contributed by atoms with van der Waals surface area (Å²) in [6, 6.07) is 28.0. The van der Waals surface area contributed by atoms with Crippen molar-refractivity contribution in [1.29, 1.82) is 0 Å². The molecule has 1 aliphatic rings. The van der Waals surface area contributed by atoms with Crippen molar-refractivity contribution in [2.24, 2.45) is 0 Å². The lowest BCUT2D eigenvalue weighted by atomic mass is 10.0. The third-order valence-corrected chi connectivity index (χ3v) is 10.9. The molecular weight excluding hydrogens is 630 g/mol. The second-order valence-electron chi connectivity index (χ2n) is 12.4. The molecule has 4 aromatic rings. The van der Waals surface area contributed by atoms with E-state index in [0.29, 0.717) is 16.3 Å². The number of anilines is 1. The largest absolute Gasteiger partial charge is 0.352 e. The molecule has 0 aliphatic heterocycles. The van der Waals surface area contributed by atoms with Crippen LogP contribution in [0.15, 0.2) is 102 Å². The molecule has 0 spiro atoms. The molecule has 0 aromatic heterocycles. The Hall–Kier alpha value is -4.14. The summed E-state index contributed by atoms with van der Waals surface area (Å²) in [4.78, 5) is 30.5. The Labute approximate surface area is 283 Å². The molecule has 0 bridgehead atoms. The Morgan fingerprint density at radius 2 is 1.51 bits per heavy atom. The predicted octanol–water partition coefficient (Wildman–Crippen LogP) is 7.16. The predicted molar refractivity (Wildman–Crippen MR) is 188 cm³/mol. The molecule has 2 amide bonds. The maximum absolute atomic E-state index is 14.8. The van der Waals surface area contributed by atoms with Crippen molar-refractivity contribution in [3.05, 3.63) is 130 Å². The molecule has 1 unspecified atom stereocenters. The molecule has 246 valence electrons. The molecule has 5 rings (SSSR count). The summed E-state index contributed by atoms with van der Waals surface area (Å²) in [5.74, 6) is -0.736. The monoisotopic (exact) mass is 671 g/mol. The van der Waals surface area contributed by atoms with Gasteiger partial charge in [0.25, 0.3) is 10.0 Å². The lowest BCUT2D eigenvalue weighted by Gasteiger charge is -2.35. The molecular formula is C38H42ClN3O4S. The zero-order valence-electron chi connectivity index (χ0n) is 27.2. The molecule has 1 aliphatic carbocycles. The minimum absolute atomic E-state index is 0.0451. The summed E-state index contributed by atoms with van der Waals surface area (Å²) in [5.41, 5.74) is 4.60. The van der Waals surface area contributed by atoms with Crippen LogP contribution in [0.3, 0.4) is 0 Å². The van der Waals surface area contributed by atoms with Gasteiger partial charge in [-0.3, -0.25) is 13.9 Å². The van der Waals surface area contributed by atoms with Crippen LogP contribution in [-0.4, -0.2) is 43.8 Å². The number of aryl methyl sites for hydroxylation is 3. The van der Waals surface area contributed by atoms with Gasteiger partial charge in [0.05, 0.1) is 10.6 Å². The van der Waals surface area contributed by atoms with Gasteiger partial charge >= 0.3 is 0 Å². The van der Waals surface area contributed by atoms with Gasteiger partial charge in [0.15, 0.2) is 0 Å². The number of nitrogens with zero attached hydrogens (tertiary/aromatic N) is 2. The molecule has 7 nitrogen and oxygen atoms in total. The van der Waals surface area contributed by atoms with Crippen LogP contribution in [0.4, 0.5) is 5.69 Å². The summed E-state index contributed by atoms with van der Waals surface area (Å²) < 4.78 is 29.8. The lowest BCUT2D eigenvalue weighted by molar-refractivity contribution is -0.140. The first-order valence-corrected chi connectivity index (χ1v) is 17.9. The number of nitrogens with one attached hydrogen (secondary N) is 1. The van der Waals surface area contributed by atoms with Crippen LogP contribution in [0.5, 0.6) is 0 Å². The van der Waals surface area contributed by atoms with Crippen LogP contribution in [-0.2, 0) is 32.6 Å². The smallest absolute Gasteiger partial charge is 0.264 e. The number of carbonyl (C=O) groups is 2. The maximum Gasteiger partial charge on any atom is 0.264 e. The summed E-state index contributed by atoms with van der Waals surface area (Å²) in [6.07, 6.45) is 4.16. The average Bonchev–Trinajstić information content (AvgIpc) is 3.57. The first kappa shape index (κ1) is 34.2. The Morgan fingerprint density at radius 3 is 2.19 bits per heavy atom. The number of amides is 2. The zero-order valence-corrected chi connectivity index (χ0v) is 28.7. The van der Waals surface area contributed by atoms with Gasteiger partial charge in [0.1, 0.15) is 12.6 Å². The second-order valence-corrected chi connectivity index (χ2v) is 14.7. The van der Waals surface area contributed by atoms with Gasteiger partial charge < -0.3 is 10.2 Å². The van der Waals surface area contributed by atoms with Crippen molar-refractivity contribution < 1.29 is 18.0 Å². The topological polar surface area (TPSA) is 86.8 Å². The van der Waals surface area contributed by atoms with Crippen LogP contribution in [0.1, 0.15) is 53.5 Å². The van der Waals surface area contributed by atoms with Crippen molar-refractivity contribution >= 4 is 39.1 Å². The highest BCUT2D eigenvalue weighted by Gasteiger charge is 2.36. The van der Waals surface area contributed by atoms with Crippen LogP contribution in [0.2, 0.25) is 5.02 Å². The fourth-order valence-electron chi connectivity index (χ4n) is 6.09. The van der Waals surface area contributed by atoms with Gasteiger partial charge in [-0.25, -0.2) is 8.42 Å². The second kappa shape index (κ2) is 15.2. The number of hydrogen-bond acceptors (Lipinski definition) is 4. The van der Waals surface area contributed by atoms with Gasteiger partial charge in [-0.2, -0.15) is 0 Å². The first-order chi connectivity index (χ1) is 22.5. The van der Waals surface area contributed by atoms with E-state index in [2.05, 4.69) is 5.32 Å². The van der Waals surface area contributed by atoms with E-state index < -0.39 is 28.5 Å². The summed E-state index contributed by atoms with van der Waals surface area (Å²) in [6.45, 7) is 5.24. The third kappa shape index (κ3) is 8.42. The molecule has 0 saturated heterocycles. The summed E-state index contributed by atoms with van der Waals surface area (Å²) >= 11 is 6.40. The van der Waals surface area contributed by atoms with Crippen LogP contribution >= 0.6 is 11.6 Å². The van der Waals surface area contributed by atoms with Crippen LogP contribution in [0.25, 0.3) is 0 Å². The Kier molecular flexibility index (Phi) is 11.0. The van der Waals surface area contributed by atoms with Gasteiger partial charge in [-0.1, -0.05) is 103 Å². The molecule has 1 atom stereocenters. The standard InChI is InChI=1S/C38H42ClN3O4S/c1-27-17-21-34(22-18-27)47(45,46)42(35-24-32(39)20-19-29(35)3)26-37(43)41(25-31-14-8-7-11-28(31)2)36(23-30-12-5-4-6-13-30)38(44)40-33-15-9-10-16-33/h4-8,11-14,17-22,24,33,36H,9-10,15-16,23,25-26H2,1-3H3,(H,40,44). The number of sulfonamides is 1. The highest BCUT2D eigenvalue weighted by molar-refractivity contribution is 7.92. The molecule has 1 fully saturated rings. The van der Waals surface area contributed by atoms with Crippen LogP contribution in [0, 0.1) is 20.8 Å². The molecule has 47 heavy (non-hydrogen) atoms. The molecule has 0 heterocycles. The van der Waals surface area contributed by atoms with Crippen molar-refractivity contribution in [3.63, 3.8) is 0 Å². The number of hydrogen-bond donors (Lipinski definition) is 1. The third-order valence-electron chi connectivity index (χ3n) is 8.90. The SMILES string of the molecule is Cc1ccc(S(=O)(=O)N(CC(=O)N(Cc2ccccc2C)C(Cc2ccccc2)C(=O)NC2CCCC2)c2cc(Cl)ccc2C)cc1. The number of benzene rings is 4. The molecule has 9 heteroatoms. The summed E-state index contributed by atoms with van der Waals surface area (Å²) in [7, 11) is -4.22. The minimum atomic E-state index is -4.22. The van der Waals surface area contributed by atoms with E-state index in [0.717, 1.165) is 52.2 Å². The van der Waals surface area contributed by atoms with Crippen molar-refractivity contribution in [2.45, 2.75) is 76.4 Å². The Bertz CT molecular complexity index is 1810. The van der Waals surface area contributed by atoms with Gasteiger partial charge in [0, 0.05) is 24.0 Å². The van der Waals surface area contributed by atoms with Gasteiger partial charge in [-0.05, 0) is 80.1 Å². The van der Waals surface area contributed by atoms with Crippen molar-refractivity contribution in [1.82, 2.24) is 10.2 Å². The number of rotatable bonds is 12. The van der Waals surface area contributed by atoms with E-state index in [1.165, 1.54) is 0 Å². The molecule has 0 radical (unpaired) electrons. The highest BCUT2D eigenvalue weighted by Crippen LogP contribution is 2.30. The Morgan fingerprint density at radius 1 is 0.851 bits per heavy atom.